The van der Waals surface area contributed by atoms with E-state index in [-0.39, 0.29) is 35.5 Å². The number of hydrogen-bond donors (Lipinski definition) is 0. The predicted molar refractivity (Wildman–Crippen MR) is 68.2 cm³/mol. The van der Waals surface area contributed by atoms with E-state index in [0.29, 0.717) is 18.3 Å². The van der Waals surface area contributed by atoms with Crippen LogP contribution in [0.2, 0.25) is 0 Å². The van der Waals surface area contributed by atoms with Crippen molar-refractivity contribution in [3.63, 3.8) is 0 Å². The second-order valence-electron chi connectivity index (χ2n) is 7.42. The standard InChI is InChI=1S/C15H22O4/c1-15(2,3)5-4-11(16)18-12-8-6-9-10(7-8)14(17)19-13(9)12/h8-10,12-13H,4-7H2,1-3H3. The Bertz CT molecular complexity index is 409. The van der Waals surface area contributed by atoms with Gasteiger partial charge in [-0.2, -0.15) is 0 Å². The molecule has 2 aliphatic carbocycles. The molecule has 1 aliphatic heterocycles. The summed E-state index contributed by atoms with van der Waals surface area (Å²) in [5.74, 6) is 0.500. The summed E-state index contributed by atoms with van der Waals surface area (Å²) in [7, 11) is 0. The van der Waals surface area contributed by atoms with Crippen LogP contribution in [-0.4, -0.2) is 24.1 Å². The molecule has 19 heavy (non-hydrogen) atoms. The van der Waals surface area contributed by atoms with Gasteiger partial charge >= 0.3 is 11.9 Å². The fraction of sp³-hybridized carbons (Fsp3) is 0.867. The number of hydrogen-bond acceptors (Lipinski definition) is 4. The van der Waals surface area contributed by atoms with E-state index in [1.54, 1.807) is 0 Å². The highest BCUT2D eigenvalue weighted by molar-refractivity contribution is 5.77. The molecule has 3 aliphatic rings. The maximum absolute atomic E-state index is 11.9. The second kappa shape index (κ2) is 4.22. The lowest BCUT2D eigenvalue weighted by Crippen LogP contribution is -2.36. The van der Waals surface area contributed by atoms with E-state index >= 15 is 0 Å². The maximum Gasteiger partial charge on any atom is 0.309 e. The van der Waals surface area contributed by atoms with Crippen LogP contribution in [0.25, 0.3) is 0 Å². The molecule has 3 fully saturated rings. The number of rotatable bonds is 3. The number of ether oxygens (including phenoxy) is 2. The molecular weight excluding hydrogens is 244 g/mol. The predicted octanol–water partition coefficient (Wildman–Crippen LogP) is 2.31. The van der Waals surface area contributed by atoms with Gasteiger partial charge in [0.05, 0.1) is 5.92 Å². The van der Waals surface area contributed by atoms with Crippen LogP contribution in [0, 0.1) is 23.2 Å². The van der Waals surface area contributed by atoms with E-state index in [0.717, 1.165) is 19.3 Å². The lowest BCUT2D eigenvalue weighted by atomic mass is 9.88. The summed E-state index contributed by atoms with van der Waals surface area (Å²) in [6, 6.07) is 0. The van der Waals surface area contributed by atoms with Gasteiger partial charge in [-0.1, -0.05) is 20.8 Å². The van der Waals surface area contributed by atoms with Crippen LogP contribution in [0.3, 0.4) is 0 Å². The van der Waals surface area contributed by atoms with Crippen LogP contribution in [0.1, 0.15) is 46.5 Å². The molecule has 0 amide bonds. The number of fused-ring (bicyclic) bond motifs is 1. The highest BCUT2D eigenvalue weighted by Crippen LogP contribution is 2.55. The van der Waals surface area contributed by atoms with E-state index in [1.807, 2.05) is 0 Å². The molecule has 1 saturated heterocycles. The molecule has 4 nitrogen and oxygen atoms in total. The molecule has 4 heteroatoms. The fourth-order valence-corrected chi connectivity index (χ4v) is 3.75. The first kappa shape index (κ1) is 12.9. The summed E-state index contributed by atoms with van der Waals surface area (Å²) in [4.78, 5) is 23.5. The smallest absolute Gasteiger partial charge is 0.309 e. The first-order chi connectivity index (χ1) is 8.85. The van der Waals surface area contributed by atoms with E-state index in [9.17, 15) is 9.59 Å². The molecular formula is C15H22O4. The van der Waals surface area contributed by atoms with Crippen molar-refractivity contribution in [1.82, 2.24) is 0 Å². The highest BCUT2D eigenvalue weighted by Gasteiger charge is 2.63. The van der Waals surface area contributed by atoms with Crippen molar-refractivity contribution in [2.75, 3.05) is 0 Å². The third-order valence-corrected chi connectivity index (χ3v) is 4.76. The number of carbonyl (C=O) groups is 2. The van der Waals surface area contributed by atoms with Gasteiger partial charge < -0.3 is 9.47 Å². The lowest BCUT2D eigenvalue weighted by Gasteiger charge is -2.26. The number of esters is 2. The van der Waals surface area contributed by atoms with Crippen LogP contribution < -0.4 is 0 Å². The molecule has 0 aromatic carbocycles. The Morgan fingerprint density at radius 3 is 2.79 bits per heavy atom. The summed E-state index contributed by atoms with van der Waals surface area (Å²) < 4.78 is 11.0. The minimum Gasteiger partial charge on any atom is -0.458 e. The molecule has 5 unspecified atom stereocenters. The Hall–Kier alpha value is -1.06. The summed E-state index contributed by atoms with van der Waals surface area (Å²) in [5.41, 5.74) is 0.138. The van der Waals surface area contributed by atoms with Gasteiger partial charge in [0.1, 0.15) is 12.2 Å². The molecule has 2 saturated carbocycles. The molecule has 0 aromatic heterocycles. The summed E-state index contributed by atoms with van der Waals surface area (Å²) in [6.45, 7) is 6.34. The average Bonchev–Trinajstić information content (AvgIpc) is 2.90. The SMILES string of the molecule is CC(C)(C)CCC(=O)OC1C2CC3C(=O)OC1C3C2. The molecule has 2 bridgehead atoms. The summed E-state index contributed by atoms with van der Waals surface area (Å²) in [6.07, 6.45) is 2.76. The minimum atomic E-state index is -0.180. The Labute approximate surface area is 113 Å². The summed E-state index contributed by atoms with van der Waals surface area (Å²) >= 11 is 0. The zero-order valence-electron chi connectivity index (χ0n) is 11.8. The highest BCUT2D eigenvalue weighted by atomic mass is 16.6. The first-order valence-corrected chi connectivity index (χ1v) is 7.25. The van der Waals surface area contributed by atoms with Crippen molar-refractivity contribution in [2.45, 2.75) is 58.7 Å². The van der Waals surface area contributed by atoms with E-state index in [2.05, 4.69) is 20.8 Å². The Morgan fingerprint density at radius 1 is 1.37 bits per heavy atom. The van der Waals surface area contributed by atoms with E-state index in [4.69, 9.17) is 9.47 Å². The zero-order valence-corrected chi connectivity index (χ0v) is 11.8. The maximum atomic E-state index is 11.9. The third kappa shape index (κ3) is 2.26. The molecule has 106 valence electrons. The Balaban J connectivity index is 1.57. The van der Waals surface area contributed by atoms with Gasteiger partial charge in [0.25, 0.3) is 0 Å². The fourth-order valence-electron chi connectivity index (χ4n) is 3.75. The normalized spacial score (nSPS) is 39.5. The van der Waals surface area contributed by atoms with Crippen molar-refractivity contribution in [2.24, 2.45) is 23.2 Å². The molecule has 3 rings (SSSR count). The Kier molecular flexibility index (Phi) is 2.88. The molecule has 0 spiro atoms. The van der Waals surface area contributed by atoms with E-state index < -0.39 is 0 Å². The van der Waals surface area contributed by atoms with Gasteiger partial charge in [0.2, 0.25) is 0 Å². The van der Waals surface area contributed by atoms with E-state index in [1.165, 1.54) is 0 Å². The van der Waals surface area contributed by atoms with Gasteiger partial charge in [-0.15, -0.1) is 0 Å². The van der Waals surface area contributed by atoms with Crippen molar-refractivity contribution in [3.8, 4) is 0 Å². The molecule has 1 heterocycles. The van der Waals surface area contributed by atoms with Crippen molar-refractivity contribution < 1.29 is 19.1 Å². The summed E-state index contributed by atoms with van der Waals surface area (Å²) in [5, 5.41) is 0. The van der Waals surface area contributed by atoms with Crippen molar-refractivity contribution in [3.05, 3.63) is 0 Å². The number of carbonyl (C=O) groups excluding carboxylic acids is 2. The first-order valence-electron chi connectivity index (χ1n) is 7.25. The quantitative estimate of drug-likeness (QED) is 0.736. The van der Waals surface area contributed by atoms with Crippen LogP contribution in [0.15, 0.2) is 0 Å². The third-order valence-electron chi connectivity index (χ3n) is 4.76. The van der Waals surface area contributed by atoms with Gasteiger partial charge in [0.15, 0.2) is 0 Å². The molecule has 5 atom stereocenters. The van der Waals surface area contributed by atoms with Crippen LogP contribution >= 0.6 is 0 Å². The van der Waals surface area contributed by atoms with Gasteiger partial charge in [0, 0.05) is 18.3 Å². The molecule has 0 radical (unpaired) electrons. The zero-order chi connectivity index (χ0) is 13.8. The van der Waals surface area contributed by atoms with Crippen molar-refractivity contribution in [1.29, 1.82) is 0 Å². The van der Waals surface area contributed by atoms with Crippen LogP contribution in [-0.2, 0) is 19.1 Å². The average molecular weight is 266 g/mol. The Morgan fingerprint density at radius 2 is 2.11 bits per heavy atom. The molecule has 0 N–H and O–H groups in total. The van der Waals surface area contributed by atoms with Gasteiger partial charge in [-0.25, -0.2) is 0 Å². The van der Waals surface area contributed by atoms with Gasteiger partial charge in [-0.05, 0) is 24.7 Å². The largest absolute Gasteiger partial charge is 0.458 e. The van der Waals surface area contributed by atoms with Gasteiger partial charge in [-0.3, -0.25) is 9.59 Å². The lowest BCUT2D eigenvalue weighted by molar-refractivity contribution is -0.162. The second-order valence-corrected chi connectivity index (χ2v) is 7.42. The van der Waals surface area contributed by atoms with Crippen LogP contribution in [0.5, 0.6) is 0 Å². The van der Waals surface area contributed by atoms with Crippen LogP contribution in [0.4, 0.5) is 0 Å². The topological polar surface area (TPSA) is 52.6 Å². The molecule has 0 aromatic rings. The minimum absolute atomic E-state index is 0.0780. The monoisotopic (exact) mass is 266 g/mol. The van der Waals surface area contributed by atoms with Crippen molar-refractivity contribution >= 4 is 11.9 Å².